The highest BCUT2D eigenvalue weighted by atomic mass is 16.5. The Labute approximate surface area is 260 Å². The van der Waals surface area contributed by atoms with Crippen LogP contribution in [0.15, 0.2) is 59.7 Å². The van der Waals surface area contributed by atoms with Gasteiger partial charge in [-0.1, -0.05) is 50.3 Å². The molecule has 1 fully saturated rings. The van der Waals surface area contributed by atoms with Crippen molar-refractivity contribution in [1.82, 2.24) is 15.0 Å². The predicted molar refractivity (Wildman–Crippen MR) is 173 cm³/mol. The van der Waals surface area contributed by atoms with Gasteiger partial charge in [0.15, 0.2) is 0 Å². The maximum atomic E-state index is 13.3. The molecule has 6 rings (SSSR count). The molecule has 0 spiro atoms. The minimum absolute atomic E-state index is 0.00258. The Balaban J connectivity index is 1.49. The van der Waals surface area contributed by atoms with Crippen LogP contribution in [0.2, 0.25) is 0 Å². The van der Waals surface area contributed by atoms with E-state index >= 15 is 0 Å². The molecule has 3 aliphatic heterocycles. The Morgan fingerprint density at radius 1 is 1.11 bits per heavy atom. The first kappa shape index (κ1) is 30.3. The average molecular weight is 597 g/mol. The van der Waals surface area contributed by atoms with Crippen LogP contribution in [-0.2, 0) is 38.4 Å². The van der Waals surface area contributed by atoms with Crippen molar-refractivity contribution in [2.24, 2.45) is 10.4 Å². The third-order valence-corrected chi connectivity index (χ3v) is 9.19. The van der Waals surface area contributed by atoms with Crippen LogP contribution in [0.25, 0.3) is 22.0 Å². The minimum atomic E-state index is -0.521. The van der Waals surface area contributed by atoms with Crippen molar-refractivity contribution in [2.75, 3.05) is 26.9 Å². The molecule has 4 heterocycles. The number of carbonyl (C=O) groups excluding carboxylic acids is 2. The molecular weight excluding hydrogens is 552 g/mol. The zero-order valence-electron chi connectivity index (χ0n) is 26.4. The summed E-state index contributed by atoms with van der Waals surface area (Å²) in [6, 6.07) is 14.8. The van der Waals surface area contributed by atoms with Crippen LogP contribution >= 0.6 is 0 Å². The number of aryl methyl sites for hydroxylation is 2. The molecule has 8 nitrogen and oxygen atoms in total. The normalized spacial score (nSPS) is 22.5. The fourth-order valence-electron chi connectivity index (χ4n) is 7.00. The molecule has 6 bridgehead atoms. The van der Waals surface area contributed by atoms with Crippen LogP contribution in [-0.4, -0.2) is 60.1 Å². The van der Waals surface area contributed by atoms with Gasteiger partial charge in [0.1, 0.15) is 6.04 Å². The number of methoxy groups -OCH3 is 1. The van der Waals surface area contributed by atoms with E-state index in [0.29, 0.717) is 32.4 Å². The zero-order chi connectivity index (χ0) is 30.8. The van der Waals surface area contributed by atoms with E-state index in [9.17, 15) is 9.59 Å². The van der Waals surface area contributed by atoms with Crippen molar-refractivity contribution >= 4 is 28.5 Å². The van der Waals surface area contributed by atoms with Crippen molar-refractivity contribution in [3.05, 3.63) is 71.6 Å². The van der Waals surface area contributed by atoms with Crippen molar-refractivity contribution < 1.29 is 19.1 Å². The first-order chi connectivity index (χ1) is 21.3. The molecule has 44 heavy (non-hydrogen) atoms. The molecule has 1 amide bonds. The number of cyclic esters (lactones) is 1. The number of hydrogen-bond acceptors (Lipinski definition) is 6. The van der Waals surface area contributed by atoms with Crippen molar-refractivity contribution in [3.63, 3.8) is 0 Å². The summed E-state index contributed by atoms with van der Waals surface area (Å²) in [6.07, 6.45) is 8.04. The molecule has 8 heteroatoms. The van der Waals surface area contributed by atoms with E-state index in [2.05, 4.69) is 79.3 Å². The Kier molecular flexibility index (Phi) is 8.74. The number of benzene rings is 2. The van der Waals surface area contributed by atoms with E-state index in [1.165, 1.54) is 22.2 Å². The quantitative estimate of drug-likeness (QED) is 0.375. The third-order valence-electron chi connectivity index (χ3n) is 9.19. The second kappa shape index (κ2) is 12.7. The van der Waals surface area contributed by atoms with Crippen molar-refractivity contribution in [2.45, 2.75) is 77.8 Å². The first-order valence-electron chi connectivity index (χ1n) is 16.0. The van der Waals surface area contributed by atoms with Gasteiger partial charge in [-0.15, -0.1) is 0 Å². The molecule has 0 aliphatic carbocycles. The van der Waals surface area contributed by atoms with Crippen LogP contribution in [0.5, 0.6) is 0 Å². The van der Waals surface area contributed by atoms with Crippen LogP contribution in [0.1, 0.15) is 69.2 Å². The fourth-order valence-corrected chi connectivity index (χ4v) is 7.00. The Morgan fingerprint density at radius 2 is 1.95 bits per heavy atom. The molecule has 1 aromatic heterocycles. The number of aromatic nitrogens is 1. The largest absolute Gasteiger partial charge is 0.464 e. The number of hydrazine groups is 1. The summed E-state index contributed by atoms with van der Waals surface area (Å²) in [5, 5.41) is 2.84. The van der Waals surface area contributed by atoms with Gasteiger partial charge in [0.25, 0.3) is 0 Å². The number of aliphatic imine (C=N–C) groups is 1. The molecule has 232 valence electrons. The van der Waals surface area contributed by atoms with Gasteiger partial charge in [-0.2, -0.15) is 0 Å². The molecule has 1 N–H and O–H groups in total. The lowest BCUT2D eigenvalue weighted by Crippen LogP contribution is -2.55. The number of carbonyl (C=O) groups is 2. The number of allylic oxidation sites excluding steroid dienone is 1. The van der Waals surface area contributed by atoms with Gasteiger partial charge in [-0.05, 0) is 73.4 Å². The molecule has 0 saturated carbocycles. The second-order valence-corrected chi connectivity index (χ2v) is 13.1. The zero-order valence-corrected chi connectivity index (χ0v) is 26.4. The van der Waals surface area contributed by atoms with Crippen LogP contribution in [0.3, 0.4) is 0 Å². The van der Waals surface area contributed by atoms with Gasteiger partial charge in [0.05, 0.1) is 18.9 Å². The van der Waals surface area contributed by atoms with Gasteiger partial charge in [-0.25, -0.2) is 5.43 Å². The SMILES string of the molecule is CCn1c([C@@H]2CC=CN=C2COC)c2c3cc(ccc31)-c1cccc(c1)CCC(=O)N1CCC[C@H](N1)C(=O)OCC(C)(C)C2. The Bertz CT molecular complexity index is 1620. The Hall–Kier alpha value is -3.75. The summed E-state index contributed by atoms with van der Waals surface area (Å²) in [5.41, 5.74) is 11.0. The number of nitrogens with zero attached hydrogens (tertiary/aromatic N) is 3. The average Bonchev–Trinajstić information content (AvgIpc) is 3.34. The van der Waals surface area contributed by atoms with Gasteiger partial charge in [0, 0.05) is 60.7 Å². The lowest BCUT2D eigenvalue weighted by molar-refractivity contribution is -0.154. The standard InChI is InChI=1S/C36H44N4O4/c1-5-39-32-15-14-26-20-28(32)29(34(39)27-11-7-17-37-31(27)22-43-4)21-36(2,3)23-44-35(42)30-12-8-18-40(38-30)33(41)16-13-24-9-6-10-25(26)19-24/h6-7,9-10,14-15,17,19-20,27,30,38H,5,8,11-13,16,18,21-23H2,1-4H3/t27-,30+/m1/s1. The molecule has 3 aliphatic rings. The highest BCUT2D eigenvalue weighted by molar-refractivity contribution is 5.97. The van der Waals surface area contributed by atoms with E-state index in [1.54, 1.807) is 12.1 Å². The predicted octanol–water partition coefficient (Wildman–Crippen LogP) is 5.97. The highest BCUT2D eigenvalue weighted by Crippen LogP contribution is 2.40. The van der Waals surface area contributed by atoms with E-state index in [0.717, 1.165) is 48.2 Å². The number of hydrogen-bond donors (Lipinski definition) is 1. The van der Waals surface area contributed by atoms with Crippen LogP contribution in [0, 0.1) is 5.41 Å². The summed E-state index contributed by atoms with van der Waals surface area (Å²) in [5.74, 6) is -0.196. The molecule has 1 saturated heterocycles. The van der Waals surface area contributed by atoms with E-state index in [1.807, 2.05) is 6.20 Å². The summed E-state index contributed by atoms with van der Waals surface area (Å²) in [6.45, 7) is 8.72. The molecule has 2 aromatic carbocycles. The van der Waals surface area contributed by atoms with E-state index in [4.69, 9.17) is 14.5 Å². The minimum Gasteiger partial charge on any atom is -0.464 e. The number of amides is 1. The lowest BCUT2D eigenvalue weighted by Gasteiger charge is -2.34. The second-order valence-electron chi connectivity index (χ2n) is 13.1. The van der Waals surface area contributed by atoms with Gasteiger partial charge in [0.2, 0.25) is 5.91 Å². The summed E-state index contributed by atoms with van der Waals surface area (Å²) >= 11 is 0. The summed E-state index contributed by atoms with van der Waals surface area (Å²) < 4.78 is 14.0. The van der Waals surface area contributed by atoms with Crippen LogP contribution in [0.4, 0.5) is 0 Å². The molecule has 0 radical (unpaired) electrons. The smallest absolute Gasteiger partial charge is 0.324 e. The molecule has 0 unspecified atom stereocenters. The number of nitrogens with one attached hydrogen (secondary N) is 1. The fraction of sp³-hybridized carbons (Fsp3) is 0.472. The summed E-state index contributed by atoms with van der Waals surface area (Å²) in [7, 11) is 1.72. The highest BCUT2D eigenvalue weighted by Gasteiger charge is 2.34. The number of rotatable bonds is 4. The van der Waals surface area contributed by atoms with E-state index in [-0.39, 0.29) is 29.8 Å². The molecule has 2 atom stereocenters. The van der Waals surface area contributed by atoms with Gasteiger partial charge >= 0.3 is 5.97 Å². The topological polar surface area (TPSA) is 85.2 Å². The molecule has 3 aromatic rings. The summed E-state index contributed by atoms with van der Waals surface area (Å²) in [4.78, 5) is 31.2. The first-order valence-corrected chi connectivity index (χ1v) is 16.0. The third kappa shape index (κ3) is 6.10. The number of fused-ring (bicyclic) bond motifs is 6. The molecular formula is C36H44N4O4. The monoisotopic (exact) mass is 596 g/mol. The lowest BCUT2D eigenvalue weighted by atomic mass is 9.82. The Morgan fingerprint density at radius 3 is 2.77 bits per heavy atom. The number of ether oxygens (including phenoxy) is 2. The maximum absolute atomic E-state index is 13.3. The van der Waals surface area contributed by atoms with Gasteiger partial charge < -0.3 is 14.0 Å². The van der Waals surface area contributed by atoms with E-state index < -0.39 is 6.04 Å². The maximum Gasteiger partial charge on any atom is 0.324 e. The van der Waals surface area contributed by atoms with Crippen LogP contribution < -0.4 is 5.43 Å². The van der Waals surface area contributed by atoms with Crippen molar-refractivity contribution in [3.8, 4) is 11.1 Å². The van der Waals surface area contributed by atoms with Gasteiger partial charge in [-0.3, -0.25) is 19.6 Å². The number of esters is 1. The van der Waals surface area contributed by atoms with Crippen molar-refractivity contribution in [1.29, 1.82) is 0 Å².